The lowest BCUT2D eigenvalue weighted by Gasteiger charge is -2.34. The van der Waals surface area contributed by atoms with Crippen LogP contribution in [0.3, 0.4) is 0 Å². The Bertz CT molecular complexity index is 1140. The SMILES string of the molecule is COc1ccc(C(CC(=O)N2CCN(Cc3nc(-c4ccc(Cl)cc4)no3)CC2)NC(C)=O)cc1. The van der Waals surface area contributed by atoms with E-state index in [1.165, 1.54) is 6.92 Å². The van der Waals surface area contributed by atoms with E-state index >= 15 is 0 Å². The molecule has 0 saturated carbocycles. The van der Waals surface area contributed by atoms with E-state index < -0.39 is 6.04 Å². The van der Waals surface area contributed by atoms with Crippen molar-refractivity contribution in [1.29, 1.82) is 0 Å². The highest BCUT2D eigenvalue weighted by molar-refractivity contribution is 6.30. The van der Waals surface area contributed by atoms with E-state index in [-0.39, 0.29) is 18.2 Å². The quantitative estimate of drug-likeness (QED) is 0.509. The van der Waals surface area contributed by atoms with Gasteiger partial charge in [-0.15, -0.1) is 0 Å². The Labute approximate surface area is 209 Å². The van der Waals surface area contributed by atoms with Gasteiger partial charge < -0.3 is 19.5 Å². The molecular formula is C25H28ClN5O4. The molecule has 1 aromatic heterocycles. The number of halogens is 1. The maximum absolute atomic E-state index is 13.0. The first-order chi connectivity index (χ1) is 16.9. The summed E-state index contributed by atoms with van der Waals surface area (Å²) >= 11 is 5.94. The topological polar surface area (TPSA) is 101 Å². The van der Waals surface area contributed by atoms with Gasteiger partial charge in [-0.25, -0.2) is 0 Å². The smallest absolute Gasteiger partial charge is 0.241 e. The molecule has 35 heavy (non-hydrogen) atoms. The van der Waals surface area contributed by atoms with Crippen LogP contribution < -0.4 is 10.1 Å². The number of rotatable bonds is 8. The molecule has 1 atom stereocenters. The number of methoxy groups -OCH3 is 1. The molecule has 1 aliphatic heterocycles. The van der Waals surface area contributed by atoms with Gasteiger partial charge in [-0.1, -0.05) is 28.9 Å². The Hall–Kier alpha value is -3.43. The third-order valence-corrected chi connectivity index (χ3v) is 6.18. The molecule has 9 nitrogen and oxygen atoms in total. The van der Waals surface area contributed by atoms with Gasteiger partial charge in [0.1, 0.15) is 5.75 Å². The molecule has 184 valence electrons. The molecule has 0 aliphatic carbocycles. The molecule has 4 rings (SSSR count). The summed E-state index contributed by atoms with van der Waals surface area (Å²) in [6.45, 7) is 4.53. The van der Waals surface area contributed by atoms with Crippen LogP contribution in [0, 0.1) is 0 Å². The van der Waals surface area contributed by atoms with Gasteiger partial charge in [0.25, 0.3) is 0 Å². The molecule has 2 aromatic carbocycles. The Balaban J connectivity index is 1.30. The highest BCUT2D eigenvalue weighted by Gasteiger charge is 2.26. The molecule has 2 amide bonds. The maximum Gasteiger partial charge on any atom is 0.241 e. The van der Waals surface area contributed by atoms with Crippen LogP contribution in [0.5, 0.6) is 5.75 Å². The number of carbonyl (C=O) groups is 2. The number of nitrogens with one attached hydrogen (secondary N) is 1. The minimum Gasteiger partial charge on any atom is -0.497 e. The normalized spacial score (nSPS) is 15.0. The van der Waals surface area contributed by atoms with E-state index in [2.05, 4.69) is 20.4 Å². The molecule has 10 heteroatoms. The Morgan fingerprint density at radius 1 is 1.09 bits per heavy atom. The third kappa shape index (κ3) is 6.58. The van der Waals surface area contributed by atoms with Crippen molar-refractivity contribution in [2.75, 3.05) is 33.3 Å². The summed E-state index contributed by atoms with van der Waals surface area (Å²) in [5.41, 5.74) is 1.70. The molecule has 0 spiro atoms. The van der Waals surface area contributed by atoms with E-state index in [0.29, 0.717) is 49.5 Å². The highest BCUT2D eigenvalue weighted by atomic mass is 35.5. The van der Waals surface area contributed by atoms with Crippen molar-refractivity contribution in [3.05, 3.63) is 65.0 Å². The fourth-order valence-electron chi connectivity index (χ4n) is 4.02. The van der Waals surface area contributed by atoms with Crippen molar-refractivity contribution in [3.8, 4) is 17.1 Å². The fourth-order valence-corrected chi connectivity index (χ4v) is 4.15. The van der Waals surface area contributed by atoms with Gasteiger partial charge in [-0.05, 0) is 42.0 Å². The molecule has 1 N–H and O–H groups in total. The monoisotopic (exact) mass is 497 g/mol. The first-order valence-electron chi connectivity index (χ1n) is 11.4. The number of nitrogens with zero attached hydrogens (tertiary/aromatic N) is 4. The van der Waals surface area contributed by atoms with Crippen molar-refractivity contribution in [2.24, 2.45) is 0 Å². The second-order valence-corrected chi connectivity index (χ2v) is 8.84. The molecule has 3 aromatic rings. The van der Waals surface area contributed by atoms with Gasteiger partial charge in [0.05, 0.1) is 26.1 Å². The number of carbonyl (C=O) groups excluding carboxylic acids is 2. The molecule has 0 radical (unpaired) electrons. The standard InChI is InChI=1S/C25H28ClN5O4/c1-17(32)27-22(18-5-9-21(34-2)10-6-18)15-24(33)31-13-11-30(12-14-31)16-23-28-25(29-35-23)19-3-7-20(26)8-4-19/h3-10,22H,11-16H2,1-2H3,(H,27,32). The van der Waals surface area contributed by atoms with Gasteiger partial charge in [-0.3, -0.25) is 14.5 Å². The van der Waals surface area contributed by atoms with E-state index in [0.717, 1.165) is 16.9 Å². The molecule has 1 fully saturated rings. The van der Waals surface area contributed by atoms with Crippen LogP contribution in [0.15, 0.2) is 53.1 Å². The van der Waals surface area contributed by atoms with Crippen LogP contribution in [-0.2, 0) is 16.1 Å². The van der Waals surface area contributed by atoms with Crippen LogP contribution in [0.4, 0.5) is 0 Å². The minimum absolute atomic E-state index is 0.00188. The summed E-state index contributed by atoms with van der Waals surface area (Å²) in [6, 6.07) is 14.3. The number of hydrogen-bond donors (Lipinski definition) is 1. The molecule has 2 heterocycles. The fraction of sp³-hybridized carbons (Fsp3) is 0.360. The van der Waals surface area contributed by atoms with Crippen molar-refractivity contribution in [1.82, 2.24) is 25.3 Å². The number of aromatic nitrogens is 2. The lowest BCUT2D eigenvalue weighted by molar-refractivity contribution is -0.133. The second kappa shape index (κ2) is 11.3. The Morgan fingerprint density at radius 2 is 1.77 bits per heavy atom. The minimum atomic E-state index is -0.395. The predicted octanol–water partition coefficient (Wildman–Crippen LogP) is 3.31. The second-order valence-electron chi connectivity index (χ2n) is 8.41. The Kier molecular flexibility index (Phi) is 7.99. The first-order valence-corrected chi connectivity index (χ1v) is 11.8. The summed E-state index contributed by atoms with van der Waals surface area (Å²) in [4.78, 5) is 33.2. The number of piperazine rings is 1. The van der Waals surface area contributed by atoms with Gasteiger partial charge in [0.15, 0.2) is 0 Å². The zero-order chi connectivity index (χ0) is 24.8. The molecule has 1 aliphatic rings. The molecule has 1 unspecified atom stereocenters. The van der Waals surface area contributed by atoms with E-state index in [1.54, 1.807) is 19.2 Å². The lowest BCUT2D eigenvalue weighted by Crippen LogP contribution is -2.49. The van der Waals surface area contributed by atoms with Gasteiger partial charge in [0.2, 0.25) is 23.5 Å². The van der Waals surface area contributed by atoms with Crippen molar-refractivity contribution in [2.45, 2.75) is 25.9 Å². The van der Waals surface area contributed by atoms with Crippen LogP contribution in [0.2, 0.25) is 5.02 Å². The largest absolute Gasteiger partial charge is 0.497 e. The molecule has 1 saturated heterocycles. The summed E-state index contributed by atoms with van der Waals surface area (Å²) in [6.07, 6.45) is 0.194. The van der Waals surface area contributed by atoms with Crippen LogP contribution >= 0.6 is 11.6 Å². The van der Waals surface area contributed by atoms with Crippen LogP contribution in [-0.4, -0.2) is 65.0 Å². The Morgan fingerprint density at radius 3 is 2.40 bits per heavy atom. The first kappa shape index (κ1) is 24.7. The van der Waals surface area contributed by atoms with E-state index in [4.69, 9.17) is 20.9 Å². The molecular weight excluding hydrogens is 470 g/mol. The summed E-state index contributed by atoms with van der Waals surface area (Å²) < 4.78 is 10.6. The summed E-state index contributed by atoms with van der Waals surface area (Å²) in [5.74, 6) is 1.59. The average Bonchev–Trinajstić information content (AvgIpc) is 3.32. The van der Waals surface area contributed by atoms with Crippen molar-refractivity contribution in [3.63, 3.8) is 0 Å². The third-order valence-electron chi connectivity index (χ3n) is 5.93. The van der Waals surface area contributed by atoms with Gasteiger partial charge in [0, 0.05) is 43.7 Å². The average molecular weight is 498 g/mol. The number of hydrogen-bond acceptors (Lipinski definition) is 7. The highest BCUT2D eigenvalue weighted by Crippen LogP contribution is 2.22. The summed E-state index contributed by atoms with van der Waals surface area (Å²) in [7, 11) is 1.60. The number of benzene rings is 2. The van der Waals surface area contributed by atoms with Crippen molar-refractivity contribution < 1.29 is 18.8 Å². The van der Waals surface area contributed by atoms with E-state index in [1.807, 2.05) is 41.3 Å². The predicted molar refractivity (Wildman–Crippen MR) is 131 cm³/mol. The molecule has 0 bridgehead atoms. The number of amides is 2. The zero-order valence-electron chi connectivity index (χ0n) is 19.7. The van der Waals surface area contributed by atoms with Gasteiger partial charge in [-0.2, -0.15) is 4.98 Å². The van der Waals surface area contributed by atoms with Crippen molar-refractivity contribution >= 4 is 23.4 Å². The lowest BCUT2D eigenvalue weighted by atomic mass is 10.0. The van der Waals surface area contributed by atoms with Crippen LogP contribution in [0.1, 0.15) is 30.8 Å². The van der Waals surface area contributed by atoms with Gasteiger partial charge >= 0.3 is 0 Å². The maximum atomic E-state index is 13.0. The summed E-state index contributed by atoms with van der Waals surface area (Å²) in [5, 5.41) is 7.60. The van der Waals surface area contributed by atoms with E-state index in [9.17, 15) is 9.59 Å². The van der Waals surface area contributed by atoms with Crippen LogP contribution in [0.25, 0.3) is 11.4 Å². The number of ether oxygens (including phenoxy) is 1. The zero-order valence-corrected chi connectivity index (χ0v) is 20.5.